The predicted octanol–water partition coefficient (Wildman–Crippen LogP) is 0.551. The molecule has 0 aromatic carbocycles. The van der Waals surface area contributed by atoms with Gasteiger partial charge in [0.05, 0.1) is 6.54 Å². The van der Waals surface area contributed by atoms with Crippen molar-refractivity contribution in [2.24, 2.45) is 0 Å². The highest BCUT2D eigenvalue weighted by Gasteiger charge is 2.20. The van der Waals surface area contributed by atoms with Gasteiger partial charge in [0.1, 0.15) is 0 Å². The number of aromatic nitrogens is 2. The first-order valence-corrected chi connectivity index (χ1v) is 5.18. The highest BCUT2D eigenvalue weighted by Crippen LogP contribution is 2.18. The van der Waals surface area contributed by atoms with Gasteiger partial charge in [-0.3, -0.25) is 4.79 Å². The van der Waals surface area contributed by atoms with Crippen molar-refractivity contribution < 1.29 is 0 Å². The van der Waals surface area contributed by atoms with Gasteiger partial charge in [-0.2, -0.15) is 5.10 Å². The summed E-state index contributed by atoms with van der Waals surface area (Å²) in [6.07, 6.45) is 4.14. The highest BCUT2D eigenvalue weighted by molar-refractivity contribution is 5.00. The second-order valence-electron chi connectivity index (χ2n) is 3.92. The van der Waals surface area contributed by atoms with Crippen molar-refractivity contribution in [1.82, 2.24) is 15.1 Å². The molecule has 1 aromatic heterocycles. The Kier molecular flexibility index (Phi) is 2.97. The Hall–Kier alpha value is -1.42. The average molecular weight is 205 g/mol. The van der Waals surface area contributed by atoms with E-state index < -0.39 is 0 Å². The minimum Gasteiger partial charge on any atom is -0.310 e. The lowest BCUT2D eigenvalue weighted by molar-refractivity contribution is 0.604. The number of hydrogen-bond donors (Lipinski definition) is 1. The molecule has 1 aromatic rings. The molecule has 1 saturated carbocycles. The van der Waals surface area contributed by atoms with Crippen molar-refractivity contribution >= 4 is 0 Å². The number of hydrogen-bond acceptors (Lipinski definition) is 3. The summed E-state index contributed by atoms with van der Waals surface area (Å²) in [7, 11) is 0. The maximum absolute atomic E-state index is 11.3. The zero-order valence-corrected chi connectivity index (χ0v) is 8.65. The lowest BCUT2D eigenvalue weighted by Crippen LogP contribution is -2.26. The van der Waals surface area contributed by atoms with Crippen LogP contribution in [0.2, 0.25) is 0 Å². The van der Waals surface area contributed by atoms with Crippen molar-refractivity contribution in [3.63, 3.8) is 0 Å². The molecular weight excluding hydrogens is 190 g/mol. The lowest BCUT2D eigenvalue weighted by atomic mass is 10.3. The standard InChI is InChI=1S/C11H15N3O/c1-9(7-12-10-4-5-10)8-14-11(15)3-2-6-13-14/h2-3,6,10,12H,1,4-5,7-8H2. The monoisotopic (exact) mass is 205 g/mol. The first-order chi connectivity index (χ1) is 7.25. The van der Waals surface area contributed by atoms with E-state index in [1.165, 1.54) is 23.6 Å². The maximum Gasteiger partial charge on any atom is 0.267 e. The molecule has 1 aliphatic rings. The van der Waals surface area contributed by atoms with Crippen LogP contribution >= 0.6 is 0 Å². The zero-order chi connectivity index (χ0) is 10.7. The fourth-order valence-corrected chi connectivity index (χ4v) is 1.35. The van der Waals surface area contributed by atoms with Crippen LogP contribution in [0.25, 0.3) is 0 Å². The molecule has 1 fully saturated rings. The van der Waals surface area contributed by atoms with Crippen LogP contribution in [0.15, 0.2) is 35.3 Å². The van der Waals surface area contributed by atoms with E-state index in [4.69, 9.17) is 0 Å². The molecular formula is C11H15N3O. The average Bonchev–Trinajstić information content (AvgIpc) is 3.02. The molecule has 4 heteroatoms. The maximum atomic E-state index is 11.3. The topological polar surface area (TPSA) is 46.9 Å². The van der Waals surface area contributed by atoms with Gasteiger partial charge in [-0.15, -0.1) is 0 Å². The molecule has 15 heavy (non-hydrogen) atoms. The summed E-state index contributed by atoms with van der Waals surface area (Å²) in [6, 6.07) is 3.82. The lowest BCUT2D eigenvalue weighted by Gasteiger charge is -2.07. The van der Waals surface area contributed by atoms with Gasteiger partial charge in [-0.25, -0.2) is 4.68 Å². The van der Waals surface area contributed by atoms with Gasteiger partial charge in [0.15, 0.2) is 0 Å². The van der Waals surface area contributed by atoms with E-state index in [-0.39, 0.29) is 5.56 Å². The van der Waals surface area contributed by atoms with Crippen molar-refractivity contribution in [3.05, 3.63) is 40.8 Å². The summed E-state index contributed by atoms with van der Waals surface area (Å²) in [5, 5.41) is 7.33. The fourth-order valence-electron chi connectivity index (χ4n) is 1.35. The van der Waals surface area contributed by atoms with Gasteiger partial charge >= 0.3 is 0 Å². The molecule has 0 unspecified atom stereocenters. The van der Waals surface area contributed by atoms with Gasteiger partial charge in [0, 0.05) is 24.8 Å². The molecule has 80 valence electrons. The van der Waals surface area contributed by atoms with Gasteiger partial charge in [0.2, 0.25) is 0 Å². The van der Waals surface area contributed by atoms with Crippen LogP contribution in [0.5, 0.6) is 0 Å². The van der Waals surface area contributed by atoms with Crippen molar-refractivity contribution in [1.29, 1.82) is 0 Å². The Morgan fingerprint density at radius 3 is 3.13 bits per heavy atom. The van der Waals surface area contributed by atoms with E-state index in [1.807, 2.05) is 0 Å². The van der Waals surface area contributed by atoms with Crippen molar-refractivity contribution in [2.75, 3.05) is 6.54 Å². The largest absolute Gasteiger partial charge is 0.310 e. The quantitative estimate of drug-likeness (QED) is 0.714. The summed E-state index contributed by atoms with van der Waals surface area (Å²) < 4.78 is 1.43. The molecule has 0 spiro atoms. The van der Waals surface area contributed by atoms with E-state index in [0.717, 1.165) is 12.1 Å². The van der Waals surface area contributed by atoms with Crippen LogP contribution in [0.4, 0.5) is 0 Å². The molecule has 2 rings (SSSR count). The summed E-state index contributed by atoms with van der Waals surface area (Å²) in [4.78, 5) is 11.3. The van der Waals surface area contributed by atoms with Gasteiger partial charge in [-0.1, -0.05) is 6.58 Å². The van der Waals surface area contributed by atoms with Gasteiger partial charge in [-0.05, 0) is 24.5 Å². The second kappa shape index (κ2) is 4.40. The molecule has 0 saturated heterocycles. The Morgan fingerprint density at radius 1 is 1.67 bits per heavy atom. The molecule has 0 radical (unpaired) electrons. The summed E-state index contributed by atoms with van der Waals surface area (Å²) >= 11 is 0. The first kappa shape index (κ1) is 10.1. The molecule has 0 atom stereocenters. The molecule has 1 aliphatic carbocycles. The van der Waals surface area contributed by atoms with Crippen LogP contribution in [0.3, 0.4) is 0 Å². The van der Waals surface area contributed by atoms with Gasteiger partial charge < -0.3 is 5.32 Å². The summed E-state index contributed by atoms with van der Waals surface area (Å²) in [5.41, 5.74) is 0.910. The van der Waals surface area contributed by atoms with Crippen molar-refractivity contribution in [3.8, 4) is 0 Å². The Labute approximate surface area is 88.6 Å². The molecule has 0 bridgehead atoms. The third kappa shape index (κ3) is 3.02. The van der Waals surface area contributed by atoms with E-state index in [2.05, 4.69) is 17.0 Å². The number of nitrogens with zero attached hydrogens (tertiary/aromatic N) is 2. The van der Waals surface area contributed by atoms with Crippen LogP contribution in [0.1, 0.15) is 12.8 Å². The van der Waals surface area contributed by atoms with E-state index in [0.29, 0.717) is 12.6 Å². The van der Waals surface area contributed by atoms with E-state index >= 15 is 0 Å². The SMILES string of the molecule is C=C(CNC1CC1)Cn1ncccc1=O. The second-order valence-corrected chi connectivity index (χ2v) is 3.92. The summed E-state index contributed by atoms with van der Waals surface area (Å²) in [5.74, 6) is 0. The van der Waals surface area contributed by atoms with E-state index in [1.54, 1.807) is 12.3 Å². The van der Waals surface area contributed by atoms with Crippen LogP contribution in [-0.2, 0) is 6.54 Å². The Bertz CT molecular complexity index is 406. The van der Waals surface area contributed by atoms with Crippen molar-refractivity contribution in [2.45, 2.75) is 25.4 Å². The molecule has 0 aliphatic heterocycles. The third-order valence-electron chi connectivity index (χ3n) is 2.38. The van der Waals surface area contributed by atoms with Crippen LogP contribution in [0, 0.1) is 0 Å². The smallest absolute Gasteiger partial charge is 0.267 e. The number of nitrogens with one attached hydrogen (secondary N) is 1. The minimum atomic E-state index is -0.0786. The molecule has 4 nitrogen and oxygen atoms in total. The first-order valence-electron chi connectivity index (χ1n) is 5.18. The van der Waals surface area contributed by atoms with Crippen LogP contribution < -0.4 is 10.9 Å². The number of rotatable bonds is 5. The molecule has 1 heterocycles. The fraction of sp³-hybridized carbons (Fsp3) is 0.455. The Morgan fingerprint density at radius 2 is 2.47 bits per heavy atom. The van der Waals surface area contributed by atoms with Gasteiger partial charge in [0.25, 0.3) is 5.56 Å². The van der Waals surface area contributed by atoms with E-state index in [9.17, 15) is 4.79 Å². The zero-order valence-electron chi connectivity index (χ0n) is 8.65. The predicted molar refractivity (Wildman–Crippen MR) is 58.7 cm³/mol. The Balaban J connectivity index is 1.87. The molecule has 0 amide bonds. The third-order valence-corrected chi connectivity index (χ3v) is 2.38. The van der Waals surface area contributed by atoms with Crippen LogP contribution in [-0.4, -0.2) is 22.4 Å². The minimum absolute atomic E-state index is 0.0786. The molecule has 1 N–H and O–H groups in total. The summed E-state index contributed by atoms with van der Waals surface area (Å²) in [6.45, 7) is 5.20. The normalized spacial score (nSPS) is 15.2. The highest BCUT2D eigenvalue weighted by atomic mass is 16.1.